The minimum atomic E-state index is -3.77. The summed E-state index contributed by atoms with van der Waals surface area (Å²) in [5, 5.41) is 0. The van der Waals surface area contributed by atoms with Gasteiger partial charge in [-0.2, -0.15) is 0 Å². The van der Waals surface area contributed by atoms with Crippen LogP contribution >= 0.6 is 0 Å². The number of amides is 1. The van der Waals surface area contributed by atoms with Crippen molar-refractivity contribution >= 4 is 15.9 Å². The average molecular weight is 503 g/mol. The van der Waals surface area contributed by atoms with E-state index in [1.165, 1.54) is 43.2 Å². The van der Waals surface area contributed by atoms with Crippen molar-refractivity contribution in [2.45, 2.75) is 26.4 Å². The van der Waals surface area contributed by atoms with Gasteiger partial charge in [-0.1, -0.05) is 6.07 Å². The Kier molecular flexibility index (Phi) is 7.02. The highest BCUT2D eigenvalue weighted by molar-refractivity contribution is 7.89. The van der Waals surface area contributed by atoms with Crippen molar-refractivity contribution in [3.63, 3.8) is 0 Å². The number of aryl methyl sites for hydroxylation is 1. The summed E-state index contributed by atoms with van der Waals surface area (Å²) in [7, 11) is -3.77. The number of aromatic nitrogens is 1. The predicted molar refractivity (Wildman–Crippen MR) is 126 cm³/mol. The zero-order valence-corrected chi connectivity index (χ0v) is 20.0. The number of benzene rings is 2. The molecule has 0 bridgehead atoms. The summed E-state index contributed by atoms with van der Waals surface area (Å²) >= 11 is 0. The van der Waals surface area contributed by atoms with Gasteiger partial charge in [-0.15, -0.1) is 0 Å². The number of carbonyl (C=O) groups excluding carboxylic acids is 1. The van der Waals surface area contributed by atoms with Crippen LogP contribution in [-0.4, -0.2) is 32.2 Å². The van der Waals surface area contributed by atoms with Gasteiger partial charge in [-0.05, 0) is 62.1 Å². The summed E-state index contributed by atoms with van der Waals surface area (Å²) in [6.45, 7) is 2.21. The van der Waals surface area contributed by atoms with E-state index >= 15 is 0 Å². The molecule has 1 aliphatic carbocycles. The number of hydrogen-bond donors (Lipinski definition) is 1. The number of nitrogens with one attached hydrogen (secondary N) is 1. The number of halogens is 2. The summed E-state index contributed by atoms with van der Waals surface area (Å²) in [6.07, 6.45) is 3.17. The molecule has 0 radical (unpaired) electrons. The maximum Gasteiger partial charge on any atom is 0.264 e. The Morgan fingerprint density at radius 1 is 1.03 bits per heavy atom. The highest BCUT2D eigenvalue weighted by Crippen LogP contribution is 2.32. The second-order valence-electron chi connectivity index (χ2n) is 8.48. The zero-order chi connectivity index (χ0) is 25.2. The van der Waals surface area contributed by atoms with Crippen LogP contribution in [0.1, 0.15) is 34.5 Å². The molecule has 1 aromatic heterocycles. The van der Waals surface area contributed by atoms with E-state index in [2.05, 4.69) is 4.98 Å². The second kappa shape index (κ2) is 9.99. The third kappa shape index (κ3) is 6.54. The summed E-state index contributed by atoms with van der Waals surface area (Å²) in [6, 6.07) is 11.2. The fourth-order valence-corrected chi connectivity index (χ4v) is 3.84. The molecule has 1 heterocycles. The van der Waals surface area contributed by atoms with Crippen molar-refractivity contribution in [3.05, 3.63) is 77.0 Å². The molecule has 1 N–H and O–H groups in total. The van der Waals surface area contributed by atoms with E-state index in [1.807, 2.05) is 0 Å². The van der Waals surface area contributed by atoms with E-state index in [0.717, 1.165) is 12.3 Å². The first-order valence-electron chi connectivity index (χ1n) is 10.9. The number of rotatable bonds is 9. The molecule has 10 heteroatoms. The number of pyridine rings is 1. The van der Waals surface area contributed by atoms with Gasteiger partial charge in [0.25, 0.3) is 5.91 Å². The van der Waals surface area contributed by atoms with Crippen LogP contribution in [0.15, 0.2) is 48.5 Å². The SMILES string of the molecule is Cc1nc(OCC2CC2)ccc1-c1cc(OCc2ccc(C(=O)NS(C)(=O)=O)cc2F)ccc1F. The molecule has 3 aromatic rings. The third-order valence-electron chi connectivity index (χ3n) is 5.44. The highest BCUT2D eigenvalue weighted by Gasteiger charge is 2.22. The van der Waals surface area contributed by atoms with Gasteiger partial charge < -0.3 is 9.47 Å². The lowest BCUT2D eigenvalue weighted by Gasteiger charge is -2.13. The van der Waals surface area contributed by atoms with Crippen molar-refractivity contribution in [2.24, 2.45) is 5.92 Å². The van der Waals surface area contributed by atoms with Crippen LogP contribution in [0.4, 0.5) is 8.78 Å². The van der Waals surface area contributed by atoms with Gasteiger partial charge in [0, 0.05) is 34.0 Å². The predicted octanol–water partition coefficient (Wildman–Crippen LogP) is 4.39. The van der Waals surface area contributed by atoms with Crippen LogP contribution in [-0.2, 0) is 16.6 Å². The van der Waals surface area contributed by atoms with E-state index in [4.69, 9.17) is 9.47 Å². The van der Waals surface area contributed by atoms with Gasteiger partial charge >= 0.3 is 0 Å². The number of carbonyl (C=O) groups is 1. The van der Waals surface area contributed by atoms with Gasteiger partial charge in [0.1, 0.15) is 24.0 Å². The molecule has 0 spiro atoms. The summed E-state index contributed by atoms with van der Waals surface area (Å²) < 4.78 is 64.6. The topological polar surface area (TPSA) is 94.6 Å². The third-order valence-corrected chi connectivity index (χ3v) is 6.00. The maximum atomic E-state index is 14.6. The molecule has 184 valence electrons. The van der Waals surface area contributed by atoms with Crippen LogP contribution in [0.5, 0.6) is 11.6 Å². The van der Waals surface area contributed by atoms with Crippen molar-refractivity contribution < 1.29 is 31.5 Å². The van der Waals surface area contributed by atoms with Gasteiger partial charge in [0.05, 0.1) is 12.9 Å². The Balaban J connectivity index is 1.46. The molecule has 1 amide bonds. The molecule has 1 saturated carbocycles. The first kappa shape index (κ1) is 24.6. The zero-order valence-electron chi connectivity index (χ0n) is 19.2. The Morgan fingerprint density at radius 3 is 2.46 bits per heavy atom. The van der Waals surface area contributed by atoms with Gasteiger partial charge in [0.15, 0.2) is 0 Å². The van der Waals surface area contributed by atoms with Crippen LogP contribution in [0.2, 0.25) is 0 Å². The lowest BCUT2D eigenvalue weighted by molar-refractivity contribution is 0.0981. The molecule has 7 nitrogen and oxygen atoms in total. The van der Waals surface area contributed by atoms with E-state index in [-0.39, 0.29) is 23.3 Å². The standard InChI is InChI=1S/C25H24F2N2O5S/c1-15-20(8-10-24(28-15)34-13-16-3-4-16)21-12-19(7-9-22(21)26)33-14-18-6-5-17(11-23(18)27)25(30)29-35(2,31)32/h5-12,16H,3-4,13-14H2,1-2H3,(H,29,30). The van der Waals surface area contributed by atoms with Crippen LogP contribution in [0.25, 0.3) is 11.1 Å². The summed E-state index contributed by atoms with van der Waals surface area (Å²) in [5.74, 6) is -0.733. The van der Waals surface area contributed by atoms with E-state index in [9.17, 15) is 22.0 Å². The van der Waals surface area contributed by atoms with E-state index in [1.54, 1.807) is 23.8 Å². The normalized spacial score (nSPS) is 13.4. The lowest BCUT2D eigenvalue weighted by atomic mass is 10.0. The Labute approximate surface area is 202 Å². The Bertz CT molecular complexity index is 1370. The molecular weight excluding hydrogens is 478 g/mol. The summed E-state index contributed by atoms with van der Waals surface area (Å²) in [5.41, 5.74) is 1.46. The fourth-order valence-electron chi connectivity index (χ4n) is 3.39. The second-order valence-corrected chi connectivity index (χ2v) is 10.2. The molecule has 2 aromatic carbocycles. The van der Waals surface area contributed by atoms with E-state index in [0.29, 0.717) is 35.4 Å². The van der Waals surface area contributed by atoms with Gasteiger partial charge in [-0.25, -0.2) is 26.9 Å². The molecule has 4 rings (SSSR count). The molecule has 1 fully saturated rings. The smallest absolute Gasteiger partial charge is 0.264 e. The number of hydrogen-bond acceptors (Lipinski definition) is 6. The minimum absolute atomic E-state index is 0.141. The van der Waals surface area contributed by atoms with Crippen molar-refractivity contribution in [3.8, 4) is 22.8 Å². The number of ether oxygens (including phenoxy) is 2. The van der Waals surface area contributed by atoms with Gasteiger partial charge in [-0.3, -0.25) is 4.79 Å². The molecule has 0 aliphatic heterocycles. The van der Waals surface area contributed by atoms with Crippen molar-refractivity contribution in [1.29, 1.82) is 0 Å². The fraction of sp³-hybridized carbons (Fsp3) is 0.280. The maximum absolute atomic E-state index is 14.6. The first-order chi connectivity index (χ1) is 16.6. The average Bonchev–Trinajstić information content (AvgIpc) is 3.61. The van der Waals surface area contributed by atoms with Crippen LogP contribution in [0.3, 0.4) is 0 Å². The molecule has 35 heavy (non-hydrogen) atoms. The first-order valence-corrected chi connectivity index (χ1v) is 12.8. The Morgan fingerprint density at radius 2 is 1.80 bits per heavy atom. The quantitative estimate of drug-likeness (QED) is 0.466. The molecule has 1 aliphatic rings. The Hall–Kier alpha value is -3.53. The minimum Gasteiger partial charge on any atom is -0.489 e. The molecular formula is C25H24F2N2O5S. The van der Waals surface area contributed by atoms with E-state index < -0.39 is 27.6 Å². The van der Waals surface area contributed by atoms with Crippen LogP contribution < -0.4 is 14.2 Å². The molecule has 0 unspecified atom stereocenters. The molecule has 0 saturated heterocycles. The monoisotopic (exact) mass is 502 g/mol. The lowest BCUT2D eigenvalue weighted by Crippen LogP contribution is -2.29. The summed E-state index contributed by atoms with van der Waals surface area (Å²) in [4.78, 5) is 16.3. The number of nitrogens with zero attached hydrogens (tertiary/aromatic N) is 1. The molecule has 0 atom stereocenters. The van der Waals surface area contributed by atoms with Gasteiger partial charge in [0.2, 0.25) is 15.9 Å². The highest BCUT2D eigenvalue weighted by atomic mass is 32.2. The number of sulfonamides is 1. The van der Waals surface area contributed by atoms with Crippen molar-refractivity contribution in [2.75, 3.05) is 12.9 Å². The van der Waals surface area contributed by atoms with Crippen molar-refractivity contribution in [1.82, 2.24) is 9.71 Å². The largest absolute Gasteiger partial charge is 0.489 e. The van der Waals surface area contributed by atoms with Crippen LogP contribution in [0, 0.1) is 24.5 Å².